The molecule has 9 nitrogen and oxygen atoms in total. The van der Waals surface area contributed by atoms with Gasteiger partial charge in [-0.2, -0.15) is 0 Å². The SMILES string of the molecule is CN=C(NCc1cccc(OCC(=O)N(C)C)c1)N1CCC(NC(=O)OC(C)(C)C)C1. The summed E-state index contributed by atoms with van der Waals surface area (Å²) in [7, 11) is 5.14. The lowest BCUT2D eigenvalue weighted by atomic mass is 10.2. The highest BCUT2D eigenvalue weighted by atomic mass is 16.6. The number of carbonyl (C=O) groups excluding carboxylic acids is 2. The van der Waals surface area contributed by atoms with E-state index in [1.807, 2.05) is 45.0 Å². The third kappa shape index (κ3) is 8.35. The fourth-order valence-corrected chi connectivity index (χ4v) is 3.08. The summed E-state index contributed by atoms with van der Waals surface area (Å²) < 4.78 is 10.9. The number of rotatable bonds is 6. The second-order valence-electron chi connectivity index (χ2n) is 8.70. The maximum absolute atomic E-state index is 12.0. The maximum atomic E-state index is 12.0. The summed E-state index contributed by atoms with van der Waals surface area (Å²) in [4.78, 5) is 31.7. The van der Waals surface area contributed by atoms with Crippen molar-refractivity contribution in [1.82, 2.24) is 20.4 Å². The fourth-order valence-electron chi connectivity index (χ4n) is 3.08. The molecule has 0 aromatic heterocycles. The summed E-state index contributed by atoms with van der Waals surface area (Å²) in [5, 5.41) is 6.27. The van der Waals surface area contributed by atoms with Crippen molar-refractivity contribution < 1.29 is 19.1 Å². The topological polar surface area (TPSA) is 95.5 Å². The number of carbonyl (C=O) groups is 2. The number of nitrogens with zero attached hydrogens (tertiary/aromatic N) is 3. The Bertz CT molecular complexity index is 788. The second-order valence-corrected chi connectivity index (χ2v) is 8.70. The average molecular weight is 434 g/mol. The smallest absolute Gasteiger partial charge is 0.407 e. The first-order chi connectivity index (χ1) is 14.6. The number of nitrogens with one attached hydrogen (secondary N) is 2. The van der Waals surface area contributed by atoms with Gasteiger partial charge in [-0.15, -0.1) is 0 Å². The standard InChI is InChI=1S/C22H35N5O4/c1-22(2,3)31-21(29)25-17-10-11-27(14-17)20(23-4)24-13-16-8-7-9-18(12-16)30-15-19(28)26(5)6/h7-9,12,17H,10-11,13-15H2,1-6H3,(H,23,24)(H,25,29). The van der Waals surface area contributed by atoms with Crippen LogP contribution in [-0.2, 0) is 16.1 Å². The predicted octanol–water partition coefficient (Wildman–Crippen LogP) is 1.83. The molecule has 172 valence electrons. The molecule has 2 N–H and O–H groups in total. The van der Waals surface area contributed by atoms with E-state index >= 15 is 0 Å². The van der Waals surface area contributed by atoms with Crippen LogP contribution in [0, 0.1) is 0 Å². The molecule has 0 spiro atoms. The Morgan fingerprint density at radius 1 is 1.29 bits per heavy atom. The molecular weight excluding hydrogens is 398 g/mol. The second kappa shape index (κ2) is 10.9. The molecule has 1 atom stereocenters. The normalized spacial score (nSPS) is 16.6. The maximum Gasteiger partial charge on any atom is 0.407 e. The molecule has 0 radical (unpaired) electrons. The zero-order chi connectivity index (χ0) is 23.0. The van der Waals surface area contributed by atoms with E-state index in [2.05, 4.69) is 20.5 Å². The largest absolute Gasteiger partial charge is 0.484 e. The number of ether oxygens (including phenoxy) is 2. The number of aliphatic imine (C=N–C) groups is 1. The van der Waals surface area contributed by atoms with E-state index in [1.54, 1.807) is 21.1 Å². The van der Waals surface area contributed by atoms with Crippen LogP contribution in [-0.4, -0.2) is 80.2 Å². The van der Waals surface area contributed by atoms with Gasteiger partial charge in [0.25, 0.3) is 5.91 Å². The number of likely N-dealkylation sites (tertiary alicyclic amines) is 1. The first-order valence-corrected chi connectivity index (χ1v) is 10.4. The van der Waals surface area contributed by atoms with Gasteiger partial charge in [0.15, 0.2) is 12.6 Å². The minimum absolute atomic E-state index is 0.00532. The van der Waals surface area contributed by atoms with Gasteiger partial charge in [-0.3, -0.25) is 9.79 Å². The van der Waals surface area contributed by atoms with Gasteiger partial charge in [-0.05, 0) is 44.9 Å². The van der Waals surface area contributed by atoms with E-state index in [1.165, 1.54) is 4.90 Å². The monoisotopic (exact) mass is 433 g/mol. The van der Waals surface area contributed by atoms with E-state index in [-0.39, 0.29) is 18.6 Å². The van der Waals surface area contributed by atoms with Crippen molar-refractivity contribution in [3.8, 4) is 5.75 Å². The highest BCUT2D eigenvalue weighted by molar-refractivity contribution is 5.80. The summed E-state index contributed by atoms with van der Waals surface area (Å²) in [5.74, 6) is 1.32. The third-order valence-electron chi connectivity index (χ3n) is 4.63. The predicted molar refractivity (Wildman–Crippen MR) is 120 cm³/mol. The molecule has 1 aliphatic rings. The number of alkyl carbamates (subject to hydrolysis) is 1. The van der Waals surface area contributed by atoms with Crippen LogP contribution in [0.1, 0.15) is 32.8 Å². The van der Waals surface area contributed by atoms with Gasteiger partial charge in [0, 0.05) is 40.8 Å². The Morgan fingerprint density at radius 2 is 2.03 bits per heavy atom. The Hall–Kier alpha value is -2.97. The molecule has 0 saturated carbocycles. The van der Waals surface area contributed by atoms with Gasteiger partial charge in [0.05, 0.1) is 6.04 Å². The van der Waals surface area contributed by atoms with E-state index in [9.17, 15) is 9.59 Å². The van der Waals surface area contributed by atoms with Crippen LogP contribution < -0.4 is 15.4 Å². The van der Waals surface area contributed by atoms with Crippen molar-refractivity contribution >= 4 is 18.0 Å². The van der Waals surface area contributed by atoms with Gasteiger partial charge in [-0.1, -0.05) is 12.1 Å². The van der Waals surface area contributed by atoms with Crippen molar-refractivity contribution in [2.75, 3.05) is 40.8 Å². The van der Waals surface area contributed by atoms with Crippen LogP contribution in [0.5, 0.6) is 5.75 Å². The van der Waals surface area contributed by atoms with Crippen LogP contribution in [0.15, 0.2) is 29.3 Å². The first-order valence-electron chi connectivity index (χ1n) is 10.4. The van der Waals surface area contributed by atoms with Crippen molar-refractivity contribution in [1.29, 1.82) is 0 Å². The zero-order valence-corrected chi connectivity index (χ0v) is 19.4. The van der Waals surface area contributed by atoms with Crippen LogP contribution in [0.3, 0.4) is 0 Å². The van der Waals surface area contributed by atoms with Gasteiger partial charge >= 0.3 is 6.09 Å². The Morgan fingerprint density at radius 3 is 2.68 bits per heavy atom. The molecule has 0 bridgehead atoms. The average Bonchev–Trinajstić information content (AvgIpc) is 3.13. The molecule has 31 heavy (non-hydrogen) atoms. The van der Waals surface area contributed by atoms with Gasteiger partial charge in [0.2, 0.25) is 0 Å². The molecule has 1 heterocycles. The minimum atomic E-state index is -0.516. The molecule has 9 heteroatoms. The number of hydrogen-bond acceptors (Lipinski definition) is 5. The molecule has 1 saturated heterocycles. The lowest BCUT2D eigenvalue weighted by molar-refractivity contribution is -0.130. The number of hydrogen-bond donors (Lipinski definition) is 2. The minimum Gasteiger partial charge on any atom is -0.484 e. The van der Waals surface area contributed by atoms with E-state index in [4.69, 9.17) is 9.47 Å². The molecule has 2 rings (SSSR count). The van der Waals surface area contributed by atoms with E-state index < -0.39 is 11.7 Å². The summed E-state index contributed by atoms with van der Waals surface area (Å²) in [5.41, 5.74) is 0.497. The van der Waals surface area contributed by atoms with Crippen LogP contribution in [0.25, 0.3) is 0 Å². The molecule has 1 aliphatic heterocycles. The Balaban J connectivity index is 1.84. The summed E-state index contributed by atoms with van der Waals surface area (Å²) in [6.07, 6.45) is 0.426. The highest BCUT2D eigenvalue weighted by Crippen LogP contribution is 2.15. The summed E-state index contributed by atoms with van der Waals surface area (Å²) >= 11 is 0. The number of benzene rings is 1. The number of amides is 2. The van der Waals surface area contributed by atoms with Crippen molar-refractivity contribution in [2.24, 2.45) is 4.99 Å². The number of guanidine groups is 1. The van der Waals surface area contributed by atoms with E-state index in [0.29, 0.717) is 18.8 Å². The molecule has 1 aromatic carbocycles. The van der Waals surface area contributed by atoms with Crippen molar-refractivity contribution in [3.05, 3.63) is 29.8 Å². The molecule has 1 fully saturated rings. The van der Waals surface area contributed by atoms with Crippen LogP contribution >= 0.6 is 0 Å². The van der Waals surface area contributed by atoms with Gasteiger partial charge in [-0.25, -0.2) is 4.79 Å². The summed E-state index contributed by atoms with van der Waals surface area (Å²) in [6.45, 7) is 7.56. The Labute approximate surface area is 184 Å². The van der Waals surface area contributed by atoms with Crippen LogP contribution in [0.2, 0.25) is 0 Å². The fraction of sp³-hybridized carbons (Fsp3) is 0.591. The lowest BCUT2D eigenvalue weighted by Gasteiger charge is -2.23. The number of likely N-dealkylation sites (N-methyl/N-ethyl adjacent to an activating group) is 1. The first kappa shape index (κ1) is 24.3. The summed E-state index contributed by atoms with van der Waals surface area (Å²) in [6, 6.07) is 7.62. The quantitative estimate of drug-likeness (QED) is 0.525. The molecule has 2 amide bonds. The van der Waals surface area contributed by atoms with Gasteiger partial charge < -0.3 is 29.9 Å². The molecule has 0 aliphatic carbocycles. The third-order valence-corrected chi connectivity index (χ3v) is 4.63. The van der Waals surface area contributed by atoms with Crippen molar-refractivity contribution in [2.45, 2.75) is 45.4 Å². The molecule has 1 aromatic rings. The van der Waals surface area contributed by atoms with Gasteiger partial charge in [0.1, 0.15) is 11.4 Å². The van der Waals surface area contributed by atoms with E-state index in [0.717, 1.165) is 24.5 Å². The molecule has 1 unspecified atom stereocenters. The zero-order valence-electron chi connectivity index (χ0n) is 19.4. The van der Waals surface area contributed by atoms with Crippen LogP contribution in [0.4, 0.5) is 4.79 Å². The molecular formula is C22H35N5O4. The highest BCUT2D eigenvalue weighted by Gasteiger charge is 2.27. The lowest BCUT2D eigenvalue weighted by Crippen LogP contribution is -2.44. The van der Waals surface area contributed by atoms with Crippen molar-refractivity contribution in [3.63, 3.8) is 0 Å². The Kier molecular flexibility index (Phi) is 8.53.